The minimum Gasteiger partial charge on any atom is -0.254 e. The van der Waals surface area contributed by atoms with Crippen LogP contribution in [0.3, 0.4) is 0 Å². The number of hydrogen-bond acceptors (Lipinski definition) is 6. The molecule has 2 aromatic heterocycles. The van der Waals surface area contributed by atoms with Crippen molar-refractivity contribution < 1.29 is 8.42 Å². The Kier molecular flexibility index (Phi) is 3.71. The molecule has 0 spiro atoms. The van der Waals surface area contributed by atoms with Crippen LogP contribution in [0.5, 0.6) is 0 Å². The standard InChI is InChI=1S/C10H11N3O2S3/c1-6-5-12-10(7(2)13-6)17-8-3-4-9(16-8)18(11,14)15/h3-5H,1-2H3,(H2,11,14,15). The van der Waals surface area contributed by atoms with Gasteiger partial charge < -0.3 is 0 Å². The molecule has 0 atom stereocenters. The van der Waals surface area contributed by atoms with Crippen molar-refractivity contribution in [3.8, 4) is 0 Å². The van der Waals surface area contributed by atoms with Crippen LogP contribution >= 0.6 is 23.1 Å². The van der Waals surface area contributed by atoms with E-state index in [0.717, 1.165) is 32.0 Å². The second kappa shape index (κ2) is 4.96. The van der Waals surface area contributed by atoms with Gasteiger partial charge in [0.15, 0.2) is 0 Å². The van der Waals surface area contributed by atoms with E-state index in [4.69, 9.17) is 5.14 Å². The molecule has 8 heteroatoms. The average molecular weight is 301 g/mol. The molecule has 0 saturated carbocycles. The number of sulfonamides is 1. The number of nitrogens with zero attached hydrogens (tertiary/aromatic N) is 2. The number of nitrogens with two attached hydrogens (primary N) is 1. The topological polar surface area (TPSA) is 85.9 Å². The number of primary sulfonamides is 1. The number of thiophene rings is 1. The summed E-state index contributed by atoms with van der Waals surface area (Å²) in [6.45, 7) is 3.75. The molecule has 0 bridgehead atoms. The fourth-order valence-electron chi connectivity index (χ4n) is 1.29. The van der Waals surface area contributed by atoms with E-state index < -0.39 is 10.0 Å². The molecular weight excluding hydrogens is 290 g/mol. The van der Waals surface area contributed by atoms with Gasteiger partial charge in [0.2, 0.25) is 10.0 Å². The fourth-order valence-corrected chi connectivity index (χ4v) is 4.21. The molecule has 0 aromatic carbocycles. The summed E-state index contributed by atoms with van der Waals surface area (Å²) in [5.41, 5.74) is 1.68. The Morgan fingerprint density at radius 3 is 2.61 bits per heavy atom. The minimum absolute atomic E-state index is 0.155. The number of hydrogen-bond donors (Lipinski definition) is 1. The number of rotatable bonds is 3. The molecule has 18 heavy (non-hydrogen) atoms. The highest BCUT2D eigenvalue weighted by atomic mass is 32.3. The van der Waals surface area contributed by atoms with Crippen LogP contribution in [0, 0.1) is 13.8 Å². The predicted octanol–water partition coefficient (Wildman–Crippen LogP) is 1.95. The summed E-state index contributed by atoms with van der Waals surface area (Å²) in [5.74, 6) is 0. The Balaban J connectivity index is 2.27. The smallest absolute Gasteiger partial charge is 0.247 e. The molecule has 0 radical (unpaired) electrons. The van der Waals surface area contributed by atoms with Gasteiger partial charge in [0.25, 0.3) is 0 Å². The van der Waals surface area contributed by atoms with Crippen molar-refractivity contribution in [2.75, 3.05) is 0 Å². The van der Waals surface area contributed by atoms with Crippen LogP contribution in [0.25, 0.3) is 0 Å². The zero-order chi connectivity index (χ0) is 13.3. The van der Waals surface area contributed by atoms with Crippen LogP contribution in [-0.2, 0) is 10.0 Å². The maximum atomic E-state index is 11.2. The highest BCUT2D eigenvalue weighted by molar-refractivity contribution is 8.01. The second-order valence-corrected chi connectivity index (χ2v) is 7.78. The molecular formula is C10H11N3O2S3. The van der Waals surface area contributed by atoms with Gasteiger partial charge in [-0.25, -0.2) is 18.5 Å². The van der Waals surface area contributed by atoms with Crippen LogP contribution < -0.4 is 5.14 Å². The van der Waals surface area contributed by atoms with E-state index in [2.05, 4.69) is 9.97 Å². The quantitative estimate of drug-likeness (QED) is 0.936. The largest absolute Gasteiger partial charge is 0.254 e. The van der Waals surface area contributed by atoms with Gasteiger partial charge in [-0.3, -0.25) is 4.98 Å². The fraction of sp³-hybridized carbons (Fsp3) is 0.200. The van der Waals surface area contributed by atoms with Crippen LogP contribution in [0.1, 0.15) is 11.4 Å². The molecule has 0 aliphatic rings. The first-order chi connectivity index (χ1) is 8.36. The van der Waals surface area contributed by atoms with Crippen molar-refractivity contribution >= 4 is 33.1 Å². The van der Waals surface area contributed by atoms with E-state index in [0.29, 0.717) is 0 Å². The predicted molar refractivity (Wildman–Crippen MR) is 71.3 cm³/mol. The minimum atomic E-state index is -3.62. The molecule has 0 fully saturated rings. The Morgan fingerprint density at radius 1 is 1.33 bits per heavy atom. The van der Waals surface area contributed by atoms with Gasteiger partial charge in [0, 0.05) is 6.20 Å². The van der Waals surface area contributed by atoms with Gasteiger partial charge in [0.1, 0.15) is 9.24 Å². The first kappa shape index (κ1) is 13.5. The highest BCUT2D eigenvalue weighted by Crippen LogP contribution is 2.34. The van der Waals surface area contributed by atoms with E-state index >= 15 is 0 Å². The van der Waals surface area contributed by atoms with Crippen molar-refractivity contribution in [2.24, 2.45) is 5.14 Å². The normalized spacial score (nSPS) is 11.7. The first-order valence-corrected chi connectivity index (χ1v) is 8.15. The van der Waals surface area contributed by atoms with E-state index in [9.17, 15) is 8.42 Å². The van der Waals surface area contributed by atoms with E-state index in [1.54, 1.807) is 12.3 Å². The van der Waals surface area contributed by atoms with E-state index in [1.165, 1.54) is 17.8 Å². The Bertz CT molecular complexity index is 679. The molecule has 0 amide bonds. The number of aromatic nitrogens is 2. The van der Waals surface area contributed by atoms with Crippen molar-refractivity contribution in [3.63, 3.8) is 0 Å². The van der Waals surface area contributed by atoms with Crippen molar-refractivity contribution in [1.82, 2.24) is 9.97 Å². The summed E-state index contributed by atoms with van der Waals surface area (Å²) in [5, 5.41) is 5.83. The van der Waals surface area contributed by atoms with Gasteiger partial charge in [0.05, 0.1) is 15.6 Å². The molecule has 0 aliphatic carbocycles. The molecule has 0 saturated heterocycles. The third kappa shape index (κ3) is 3.08. The summed E-state index contributed by atoms with van der Waals surface area (Å²) in [6.07, 6.45) is 1.68. The van der Waals surface area contributed by atoms with Crippen molar-refractivity contribution in [3.05, 3.63) is 29.7 Å². The average Bonchev–Trinajstić information content (AvgIpc) is 2.70. The molecule has 2 rings (SSSR count). The monoisotopic (exact) mass is 301 g/mol. The van der Waals surface area contributed by atoms with Crippen LogP contribution in [-0.4, -0.2) is 18.4 Å². The molecule has 0 unspecified atom stereocenters. The molecule has 0 aliphatic heterocycles. The zero-order valence-electron chi connectivity index (χ0n) is 9.75. The third-order valence-corrected chi connectivity index (χ3v) is 5.81. The Morgan fingerprint density at radius 2 is 2.06 bits per heavy atom. The molecule has 2 heterocycles. The SMILES string of the molecule is Cc1cnc(Sc2ccc(S(N)(=O)=O)s2)c(C)n1. The number of aryl methyl sites for hydroxylation is 2. The van der Waals surface area contributed by atoms with Gasteiger partial charge in [-0.05, 0) is 26.0 Å². The third-order valence-electron chi connectivity index (χ3n) is 2.06. The van der Waals surface area contributed by atoms with Gasteiger partial charge >= 0.3 is 0 Å². The zero-order valence-corrected chi connectivity index (χ0v) is 12.2. The van der Waals surface area contributed by atoms with Crippen LogP contribution in [0.2, 0.25) is 0 Å². The molecule has 2 N–H and O–H groups in total. The van der Waals surface area contributed by atoms with Crippen LogP contribution in [0.15, 0.2) is 31.8 Å². The summed E-state index contributed by atoms with van der Waals surface area (Å²) >= 11 is 2.51. The lowest BCUT2D eigenvalue weighted by Gasteiger charge is -2.02. The Hall–Kier alpha value is -0.960. The van der Waals surface area contributed by atoms with E-state index in [-0.39, 0.29) is 4.21 Å². The van der Waals surface area contributed by atoms with E-state index in [1.807, 2.05) is 13.8 Å². The van der Waals surface area contributed by atoms with Crippen molar-refractivity contribution in [2.45, 2.75) is 27.3 Å². The maximum Gasteiger partial charge on any atom is 0.247 e. The van der Waals surface area contributed by atoms with Gasteiger partial charge in [-0.2, -0.15) is 0 Å². The summed E-state index contributed by atoms with van der Waals surface area (Å²) in [6, 6.07) is 3.22. The lowest BCUT2D eigenvalue weighted by molar-refractivity contribution is 0.600. The molecule has 5 nitrogen and oxygen atoms in total. The summed E-state index contributed by atoms with van der Waals surface area (Å²) in [4.78, 5) is 8.57. The lowest BCUT2D eigenvalue weighted by atomic mass is 10.4. The lowest BCUT2D eigenvalue weighted by Crippen LogP contribution is -2.09. The molecule has 96 valence electrons. The Labute approximate surface area is 114 Å². The summed E-state index contributed by atoms with van der Waals surface area (Å²) in [7, 11) is -3.62. The van der Waals surface area contributed by atoms with Crippen LogP contribution in [0.4, 0.5) is 0 Å². The van der Waals surface area contributed by atoms with Gasteiger partial charge in [-0.15, -0.1) is 11.3 Å². The van der Waals surface area contributed by atoms with Gasteiger partial charge in [-0.1, -0.05) is 11.8 Å². The summed E-state index contributed by atoms with van der Waals surface area (Å²) < 4.78 is 23.3. The molecule has 2 aromatic rings. The second-order valence-electron chi connectivity index (χ2n) is 3.62. The first-order valence-electron chi connectivity index (χ1n) is 4.97. The maximum absolute atomic E-state index is 11.2. The van der Waals surface area contributed by atoms with Crippen molar-refractivity contribution in [1.29, 1.82) is 0 Å². The highest BCUT2D eigenvalue weighted by Gasteiger charge is 2.13.